The van der Waals surface area contributed by atoms with Gasteiger partial charge in [0.2, 0.25) is 0 Å². The van der Waals surface area contributed by atoms with Crippen molar-refractivity contribution < 1.29 is 0 Å². The molecule has 1 aliphatic rings. The maximum atomic E-state index is 3.95. The van der Waals surface area contributed by atoms with E-state index in [1.807, 2.05) is 0 Å². The first-order valence-electron chi connectivity index (χ1n) is 10.5. The molecule has 0 aromatic heterocycles. The molecule has 1 aliphatic carbocycles. The maximum Gasteiger partial charge on any atom is 0.00778 e. The topological polar surface area (TPSA) is 24.1 Å². The van der Waals surface area contributed by atoms with E-state index < -0.39 is 0 Å². The van der Waals surface area contributed by atoms with E-state index in [1.165, 1.54) is 32.1 Å². The normalized spacial score (nSPS) is 28.1. The molecule has 1 rings (SSSR count). The van der Waals surface area contributed by atoms with Crippen LogP contribution in [0.3, 0.4) is 0 Å². The summed E-state index contributed by atoms with van der Waals surface area (Å²) in [6.45, 7) is 21.4. The average molecular weight is 339 g/mol. The van der Waals surface area contributed by atoms with Crippen molar-refractivity contribution in [2.24, 2.45) is 23.2 Å². The summed E-state index contributed by atoms with van der Waals surface area (Å²) in [5, 5.41) is 7.85. The highest BCUT2D eigenvalue weighted by molar-refractivity contribution is 4.92. The van der Waals surface area contributed by atoms with Gasteiger partial charge in [-0.15, -0.1) is 0 Å². The molecule has 0 amide bonds. The zero-order valence-electron chi connectivity index (χ0n) is 18.1. The molecule has 5 unspecified atom stereocenters. The molecule has 1 fully saturated rings. The van der Waals surface area contributed by atoms with Crippen molar-refractivity contribution in [3.8, 4) is 0 Å². The van der Waals surface area contributed by atoms with E-state index in [4.69, 9.17) is 0 Å². The van der Waals surface area contributed by atoms with Crippen molar-refractivity contribution >= 4 is 0 Å². The predicted molar refractivity (Wildman–Crippen MR) is 108 cm³/mol. The van der Waals surface area contributed by atoms with Crippen LogP contribution < -0.4 is 10.6 Å². The van der Waals surface area contributed by atoms with Gasteiger partial charge in [0.15, 0.2) is 0 Å². The van der Waals surface area contributed by atoms with Gasteiger partial charge in [0, 0.05) is 24.2 Å². The molecule has 144 valence electrons. The van der Waals surface area contributed by atoms with Gasteiger partial charge in [-0.25, -0.2) is 0 Å². The van der Waals surface area contributed by atoms with Gasteiger partial charge in [-0.2, -0.15) is 0 Å². The van der Waals surface area contributed by atoms with Gasteiger partial charge >= 0.3 is 0 Å². The van der Waals surface area contributed by atoms with Crippen LogP contribution in [-0.2, 0) is 0 Å². The van der Waals surface area contributed by atoms with Crippen LogP contribution in [0.2, 0.25) is 0 Å². The van der Waals surface area contributed by atoms with Crippen molar-refractivity contribution in [2.75, 3.05) is 0 Å². The Morgan fingerprint density at radius 3 is 1.92 bits per heavy atom. The first-order valence-corrected chi connectivity index (χ1v) is 10.5. The molecular formula is C22H46N2. The molecule has 5 atom stereocenters. The summed E-state index contributed by atoms with van der Waals surface area (Å²) < 4.78 is 0. The molecule has 2 nitrogen and oxygen atoms in total. The lowest BCUT2D eigenvalue weighted by atomic mass is 9.68. The van der Waals surface area contributed by atoms with E-state index in [0.29, 0.717) is 29.6 Å². The first-order chi connectivity index (χ1) is 11.0. The number of hydrogen-bond acceptors (Lipinski definition) is 2. The quantitative estimate of drug-likeness (QED) is 0.570. The summed E-state index contributed by atoms with van der Waals surface area (Å²) in [6, 6.07) is 2.55. The Morgan fingerprint density at radius 1 is 0.833 bits per heavy atom. The fourth-order valence-corrected chi connectivity index (χ4v) is 5.04. The number of nitrogens with one attached hydrogen (secondary N) is 2. The molecule has 0 spiro atoms. The Balaban J connectivity index is 2.60. The largest absolute Gasteiger partial charge is 0.311 e. The van der Waals surface area contributed by atoms with Gasteiger partial charge in [0.05, 0.1) is 0 Å². The minimum Gasteiger partial charge on any atom is -0.311 e. The number of rotatable bonds is 9. The molecule has 2 heteroatoms. The average Bonchev–Trinajstić information content (AvgIpc) is 2.33. The van der Waals surface area contributed by atoms with E-state index in [-0.39, 0.29) is 0 Å². The van der Waals surface area contributed by atoms with Crippen LogP contribution in [0.15, 0.2) is 0 Å². The Morgan fingerprint density at radius 2 is 1.38 bits per heavy atom. The van der Waals surface area contributed by atoms with Crippen LogP contribution in [0, 0.1) is 23.2 Å². The second-order valence-corrected chi connectivity index (χ2v) is 10.4. The molecule has 0 aromatic rings. The van der Waals surface area contributed by atoms with Crippen LogP contribution in [-0.4, -0.2) is 24.2 Å². The lowest BCUT2D eigenvalue weighted by Crippen LogP contribution is -2.50. The minimum absolute atomic E-state index is 0.454. The van der Waals surface area contributed by atoms with Gasteiger partial charge in [-0.1, -0.05) is 41.5 Å². The maximum absolute atomic E-state index is 3.95. The van der Waals surface area contributed by atoms with E-state index in [1.54, 1.807) is 0 Å². The SMILES string of the molecule is CC(C)CC(C)NC1CC(C(C)NC(C)CC(C)C)CC(C)(C)C1. The molecule has 1 saturated carbocycles. The standard InChI is InChI=1S/C22H46N2/c1-15(2)10-17(5)23-19(7)20-12-21(14-22(8,9)13-20)24-18(6)11-16(3)4/h15-21,23-24H,10-14H2,1-9H3. The van der Waals surface area contributed by atoms with Crippen molar-refractivity contribution in [1.29, 1.82) is 0 Å². The van der Waals surface area contributed by atoms with Crippen LogP contribution >= 0.6 is 0 Å². The Labute approximate surface area is 152 Å². The molecule has 0 bridgehead atoms. The third-order valence-electron chi connectivity index (χ3n) is 5.63. The summed E-state index contributed by atoms with van der Waals surface area (Å²) in [5.74, 6) is 2.33. The zero-order valence-corrected chi connectivity index (χ0v) is 18.1. The zero-order chi connectivity index (χ0) is 18.5. The van der Waals surface area contributed by atoms with Crippen molar-refractivity contribution in [1.82, 2.24) is 10.6 Å². The molecule has 24 heavy (non-hydrogen) atoms. The van der Waals surface area contributed by atoms with Gasteiger partial charge in [-0.05, 0) is 76.0 Å². The number of hydrogen-bond donors (Lipinski definition) is 2. The third kappa shape index (κ3) is 8.34. The smallest absolute Gasteiger partial charge is 0.00778 e. The minimum atomic E-state index is 0.454. The van der Waals surface area contributed by atoms with Gasteiger partial charge in [0.25, 0.3) is 0 Å². The van der Waals surface area contributed by atoms with Crippen LogP contribution in [0.25, 0.3) is 0 Å². The molecule has 0 aliphatic heterocycles. The summed E-state index contributed by atoms with van der Waals surface area (Å²) in [4.78, 5) is 0. The monoisotopic (exact) mass is 338 g/mol. The van der Waals surface area contributed by atoms with Crippen molar-refractivity contribution in [2.45, 2.75) is 119 Å². The summed E-state index contributed by atoms with van der Waals surface area (Å²) in [7, 11) is 0. The molecule has 0 saturated heterocycles. The van der Waals surface area contributed by atoms with Crippen LogP contribution in [0.4, 0.5) is 0 Å². The second kappa shape index (κ2) is 9.57. The van der Waals surface area contributed by atoms with Gasteiger partial charge in [-0.3, -0.25) is 0 Å². The van der Waals surface area contributed by atoms with Gasteiger partial charge in [0.1, 0.15) is 0 Å². The molecular weight excluding hydrogens is 292 g/mol. The van der Waals surface area contributed by atoms with Gasteiger partial charge < -0.3 is 10.6 Å². The highest BCUT2D eigenvalue weighted by Gasteiger charge is 2.36. The van der Waals surface area contributed by atoms with Crippen LogP contribution in [0.5, 0.6) is 0 Å². The van der Waals surface area contributed by atoms with E-state index in [2.05, 4.69) is 72.9 Å². The fourth-order valence-electron chi connectivity index (χ4n) is 5.04. The Bertz CT molecular complexity index is 348. The second-order valence-electron chi connectivity index (χ2n) is 10.4. The molecule has 0 aromatic carbocycles. The van der Waals surface area contributed by atoms with E-state index in [9.17, 15) is 0 Å². The van der Waals surface area contributed by atoms with Crippen LogP contribution in [0.1, 0.15) is 94.4 Å². The summed E-state index contributed by atoms with van der Waals surface area (Å²) >= 11 is 0. The summed E-state index contributed by atoms with van der Waals surface area (Å²) in [5.41, 5.74) is 0.454. The Hall–Kier alpha value is -0.0800. The third-order valence-corrected chi connectivity index (χ3v) is 5.63. The first kappa shape index (κ1) is 22.0. The molecule has 0 radical (unpaired) electrons. The van der Waals surface area contributed by atoms with Crippen molar-refractivity contribution in [3.63, 3.8) is 0 Å². The molecule has 0 heterocycles. The lowest BCUT2D eigenvalue weighted by Gasteiger charge is -2.44. The predicted octanol–water partition coefficient (Wildman–Crippen LogP) is 5.62. The fraction of sp³-hybridized carbons (Fsp3) is 1.00. The lowest BCUT2D eigenvalue weighted by molar-refractivity contribution is 0.110. The molecule has 2 N–H and O–H groups in total. The summed E-state index contributed by atoms with van der Waals surface area (Å²) in [6.07, 6.45) is 6.55. The van der Waals surface area contributed by atoms with E-state index in [0.717, 1.165) is 17.8 Å². The Kier molecular flexibility index (Phi) is 8.76. The highest BCUT2D eigenvalue weighted by Crippen LogP contribution is 2.40. The van der Waals surface area contributed by atoms with E-state index >= 15 is 0 Å². The van der Waals surface area contributed by atoms with Crippen molar-refractivity contribution in [3.05, 3.63) is 0 Å². The highest BCUT2D eigenvalue weighted by atomic mass is 15.0.